The molecule has 1 atom stereocenters. The van der Waals surface area contributed by atoms with Crippen molar-refractivity contribution in [3.8, 4) is 5.75 Å². The summed E-state index contributed by atoms with van der Waals surface area (Å²) in [7, 11) is 1.23. The second kappa shape index (κ2) is 6.48. The van der Waals surface area contributed by atoms with Gasteiger partial charge in [-0.1, -0.05) is 41.9 Å². The van der Waals surface area contributed by atoms with E-state index in [0.717, 1.165) is 0 Å². The Morgan fingerprint density at radius 2 is 1.85 bits per heavy atom. The number of para-hydroxylation sites is 1. The summed E-state index contributed by atoms with van der Waals surface area (Å²) in [6.45, 7) is 0. The van der Waals surface area contributed by atoms with Crippen molar-refractivity contribution in [2.75, 3.05) is 7.11 Å². The minimum atomic E-state index is -0.879. The van der Waals surface area contributed by atoms with Crippen molar-refractivity contribution in [2.45, 2.75) is 5.92 Å². The predicted octanol–water partition coefficient (Wildman–Crippen LogP) is 3.31. The first kappa shape index (κ1) is 17.2. The van der Waals surface area contributed by atoms with Crippen molar-refractivity contribution < 1.29 is 18.7 Å². The molecule has 2 heterocycles. The van der Waals surface area contributed by atoms with Crippen molar-refractivity contribution in [3.05, 3.63) is 86.6 Å². The summed E-state index contributed by atoms with van der Waals surface area (Å²) in [6, 6.07) is 13.8. The second-order valence-corrected chi connectivity index (χ2v) is 6.36. The monoisotopic (exact) mass is 383 g/mol. The third-order valence-electron chi connectivity index (χ3n) is 4.48. The number of hydrogen-bond acceptors (Lipinski definition) is 6. The Kier molecular flexibility index (Phi) is 4.12. The summed E-state index contributed by atoms with van der Waals surface area (Å²) in [5.74, 6) is -1.49. The largest absolute Gasteiger partial charge is 0.465 e. The minimum absolute atomic E-state index is 0.000631. The fourth-order valence-corrected chi connectivity index (χ4v) is 3.54. The van der Waals surface area contributed by atoms with Gasteiger partial charge in [0.05, 0.1) is 24.0 Å². The lowest BCUT2D eigenvalue weighted by atomic mass is 9.83. The van der Waals surface area contributed by atoms with Gasteiger partial charge in [-0.15, -0.1) is 0 Å². The number of ether oxygens (including phenoxy) is 2. The average molecular weight is 384 g/mol. The van der Waals surface area contributed by atoms with Crippen LogP contribution in [0.2, 0.25) is 5.02 Å². The lowest BCUT2D eigenvalue weighted by Crippen LogP contribution is -2.30. The Bertz CT molecular complexity index is 1160. The summed E-state index contributed by atoms with van der Waals surface area (Å²) in [4.78, 5) is 25.3. The first-order chi connectivity index (χ1) is 13.0. The van der Waals surface area contributed by atoms with E-state index in [-0.39, 0.29) is 22.8 Å². The molecule has 2 aromatic carbocycles. The molecule has 1 aliphatic rings. The predicted molar refractivity (Wildman–Crippen MR) is 99.6 cm³/mol. The summed E-state index contributed by atoms with van der Waals surface area (Å²) in [5.41, 5.74) is 6.46. The molecule has 2 N–H and O–H groups in total. The third-order valence-corrected chi connectivity index (χ3v) is 4.82. The smallest absolute Gasteiger partial charge is 0.344 e. The summed E-state index contributed by atoms with van der Waals surface area (Å²) >= 11 is 6.37. The lowest BCUT2D eigenvalue weighted by molar-refractivity contribution is -0.136. The van der Waals surface area contributed by atoms with Gasteiger partial charge in [-0.3, -0.25) is 0 Å². The number of methoxy groups -OCH3 is 1. The number of nitrogens with two attached hydrogens (primary N) is 1. The van der Waals surface area contributed by atoms with Crippen molar-refractivity contribution in [1.82, 2.24) is 0 Å². The second-order valence-electron chi connectivity index (χ2n) is 5.95. The van der Waals surface area contributed by atoms with Gasteiger partial charge in [0, 0.05) is 5.02 Å². The number of esters is 1. The molecular formula is C20H14ClNO5. The third kappa shape index (κ3) is 2.65. The number of rotatable bonds is 2. The van der Waals surface area contributed by atoms with Gasteiger partial charge in [-0.05, 0) is 23.8 Å². The van der Waals surface area contributed by atoms with E-state index in [1.807, 2.05) is 0 Å². The zero-order chi connectivity index (χ0) is 19.1. The molecule has 0 bridgehead atoms. The molecule has 136 valence electrons. The maximum Gasteiger partial charge on any atom is 0.344 e. The van der Waals surface area contributed by atoms with Gasteiger partial charge >= 0.3 is 11.6 Å². The van der Waals surface area contributed by atoms with E-state index in [0.29, 0.717) is 21.6 Å². The van der Waals surface area contributed by atoms with Gasteiger partial charge < -0.3 is 19.6 Å². The Morgan fingerprint density at radius 3 is 2.59 bits per heavy atom. The fraction of sp³-hybridized carbons (Fsp3) is 0.100. The van der Waals surface area contributed by atoms with Gasteiger partial charge in [0.1, 0.15) is 11.2 Å². The highest BCUT2D eigenvalue weighted by Crippen LogP contribution is 2.45. The van der Waals surface area contributed by atoms with Gasteiger partial charge in [-0.25, -0.2) is 9.59 Å². The summed E-state index contributed by atoms with van der Waals surface area (Å²) in [6.07, 6.45) is 0. The van der Waals surface area contributed by atoms with Crippen molar-refractivity contribution in [1.29, 1.82) is 0 Å². The summed E-state index contributed by atoms with van der Waals surface area (Å²) in [5, 5.41) is 0.938. The molecule has 1 unspecified atom stereocenters. The number of hydrogen-bond donors (Lipinski definition) is 1. The Balaban J connectivity index is 2.11. The molecule has 0 saturated carbocycles. The van der Waals surface area contributed by atoms with E-state index in [4.69, 9.17) is 31.2 Å². The Morgan fingerprint density at radius 1 is 1.15 bits per heavy atom. The molecule has 6 nitrogen and oxygen atoms in total. The van der Waals surface area contributed by atoms with Crippen molar-refractivity contribution >= 4 is 28.5 Å². The molecule has 3 aromatic rings. The van der Waals surface area contributed by atoms with E-state index >= 15 is 0 Å². The molecule has 0 saturated heterocycles. The number of carbonyl (C=O) groups is 1. The first-order valence-corrected chi connectivity index (χ1v) is 8.46. The van der Waals surface area contributed by atoms with Crippen LogP contribution in [0.4, 0.5) is 0 Å². The molecule has 1 aliphatic heterocycles. The number of benzene rings is 2. The molecule has 0 spiro atoms. The standard InChI is InChI=1S/C20H14ClNO5/c1-25-19(23)16-14(10-6-2-4-8-12(10)21)15-17(27-18(16)22)11-7-3-5-9-13(11)26-20(15)24/h2-9,14H,22H2,1H3. The molecule has 4 rings (SSSR count). The Labute approximate surface area is 158 Å². The lowest BCUT2D eigenvalue weighted by Gasteiger charge is -2.28. The van der Waals surface area contributed by atoms with Gasteiger partial charge in [-0.2, -0.15) is 0 Å². The van der Waals surface area contributed by atoms with Crippen LogP contribution in [0.25, 0.3) is 11.0 Å². The van der Waals surface area contributed by atoms with Crippen LogP contribution < -0.4 is 16.1 Å². The van der Waals surface area contributed by atoms with E-state index in [2.05, 4.69) is 0 Å². The molecular weight excluding hydrogens is 370 g/mol. The van der Waals surface area contributed by atoms with Crippen LogP contribution in [0.3, 0.4) is 0 Å². The zero-order valence-corrected chi connectivity index (χ0v) is 14.9. The minimum Gasteiger partial charge on any atom is -0.465 e. The van der Waals surface area contributed by atoms with Crippen LogP contribution in [0.15, 0.2) is 69.2 Å². The topological polar surface area (TPSA) is 91.8 Å². The van der Waals surface area contributed by atoms with Crippen LogP contribution >= 0.6 is 11.6 Å². The van der Waals surface area contributed by atoms with Crippen LogP contribution in [-0.2, 0) is 9.53 Å². The van der Waals surface area contributed by atoms with E-state index < -0.39 is 17.5 Å². The maximum atomic E-state index is 12.8. The highest BCUT2D eigenvalue weighted by atomic mass is 35.5. The average Bonchev–Trinajstić information content (AvgIpc) is 2.67. The molecule has 0 radical (unpaired) electrons. The molecule has 0 amide bonds. The molecule has 0 fully saturated rings. The van der Waals surface area contributed by atoms with Gasteiger partial charge in [0.15, 0.2) is 5.75 Å². The fourth-order valence-electron chi connectivity index (χ4n) is 3.29. The molecule has 1 aromatic heterocycles. The SMILES string of the molecule is COC(=O)C1=C(N)Oc2c(c(=O)oc3ccccc23)C1c1ccccc1Cl. The Hall–Kier alpha value is -3.25. The number of halogens is 1. The summed E-state index contributed by atoms with van der Waals surface area (Å²) < 4.78 is 16.0. The van der Waals surface area contributed by atoms with E-state index in [9.17, 15) is 9.59 Å². The normalized spacial score (nSPS) is 16.0. The number of carbonyl (C=O) groups excluding carboxylic acids is 1. The number of fused-ring (bicyclic) bond motifs is 3. The molecule has 27 heavy (non-hydrogen) atoms. The molecule has 7 heteroatoms. The van der Waals surface area contributed by atoms with Crippen molar-refractivity contribution in [2.24, 2.45) is 5.73 Å². The van der Waals surface area contributed by atoms with Crippen LogP contribution in [0.1, 0.15) is 17.0 Å². The van der Waals surface area contributed by atoms with Crippen LogP contribution in [0, 0.1) is 0 Å². The highest BCUT2D eigenvalue weighted by molar-refractivity contribution is 6.31. The van der Waals surface area contributed by atoms with Crippen molar-refractivity contribution in [3.63, 3.8) is 0 Å². The van der Waals surface area contributed by atoms with E-state index in [1.54, 1.807) is 48.5 Å². The first-order valence-electron chi connectivity index (χ1n) is 8.09. The van der Waals surface area contributed by atoms with Crippen LogP contribution in [-0.4, -0.2) is 13.1 Å². The molecule has 0 aliphatic carbocycles. The highest BCUT2D eigenvalue weighted by Gasteiger charge is 2.39. The van der Waals surface area contributed by atoms with Gasteiger partial charge in [0.2, 0.25) is 5.88 Å². The quantitative estimate of drug-likeness (QED) is 0.539. The maximum absolute atomic E-state index is 12.8. The van der Waals surface area contributed by atoms with Crippen LogP contribution in [0.5, 0.6) is 5.75 Å². The van der Waals surface area contributed by atoms with Gasteiger partial charge in [0.25, 0.3) is 0 Å². The van der Waals surface area contributed by atoms with E-state index in [1.165, 1.54) is 7.11 Å². The zero-order valence-electron chi connectivity index (χ0n) is 14.2.